The fraction of sp³-hybridized carbons (Fsp3) is 0.875. The molecule has 0 unspecified atom stereocenters. The van der Waals surface area contributed by atoms with Crippen molar-refractivity contribution in [1.29, 1.82) is 0 Å². The van der Waals surface area contributed by atoms with Gasteiger partial charge in [-0.3, -0.25) is 9.69 Å². The van der Waals surface area contributed by atoms with Gasteiger partial charge in [0.2, 0.25) is 0 Å². The van der Waals surface area contributed by atoms with Gasteiger partial charge >= 0.3 is 0 Å². The van der Waals surface area contributed by atoms with E-state index in [9.17, 15) is 4.79 Å². The number of rotatable bonds is 5. The van der Waals surface area contributed by atoms with Crippen LogP contribution in [0.3, 0.4) is 0 Å². The summed E-state index contributed by atoms with van der Waals surface area (Å²) in [6, 6.07) is 0. The number of hydrogen-bond donors (Lipinski definition) is 0. The van der Waals surface area contributed by atoms with Crippen LogP contribution in [0.5, 0.6) is 0 Å². The zero-order valence-electron chi connectivity index (χ0n) is 7.18. The Morgan fingerprint density at radius 3 is 2.00 bits per heavy atom. The van der Waals surface area contributed by atoms with Crippen molar-refractivity contribution in [2.24, 2.45) is 0 Å². The summed E-state index contributed by atoms with van der Waals surface area (Å²) >= 11 is 0. The number of carbonyl (C=O) groups excluding carboxylic acids is 1. The number of likely N-dealkylation sites (N-methyl/N-ethyl adjacent to an activating group) is 1. The van der Waals surface area contributed by atoms with Crippen molar-refractivity contribution in [2.75, 3.05) is 19.6 Å². The molecule has 2 heteroatoms. The van der Waals surface area contributed by atoms with Crippen LogP contribution < -0.4 is 0 Å². The molecule has 0 bridgehead atoms. The van der Waals surface area contributed by atoms with Crippen molar-refractivity contribution in [3.63, 3.8) is 0 Å². The minimum absolute atomic E-state index is 0.337. The molecule has 0 aromatic rings. The molecule has 0 aliphatic carbocycles. The first-order valence-electron chi connectivity index (χ1n) is 3.98. The summed E-state index contributed by atoms with van der Waals surface area (Å²) < 4.78 is 0. The van der Waals surface area contributed by atoms with Crippen LogP contribution in [0.25, 0.3) is 0 Å². The number of carbonyl (C=O) groups is 1. The highest BCUT2D eigenvalue weighted by atomic mass is 16.1. The minimum atomic E-state index is 0.337. The third kappa shape index (κ3) is 3.62. The largest absolute Gasteiger partial charge is 0.298 e. The van der Waals surface area contributed by atoms with Crippen LogP contribution in [0.2, 0.25) is 0 Å². The van der Waals surface area contributed by atoms with Crippen LogP contribution in [-0.4, -0.2) is 30.3 Å². The van der Waals surface area contributed by atoms with Crippen molar-refractivity contribution in [3.05, 3.63) is 0 Å². The first-order chi connectivity index (χ1) is 4.74. The van der Waals surface area contributed by atoms with Crippen molar-refractivity contribution in [1.82, 2.24) is 4.90 Å². The summed E-state index contributed by atoms with van der Waals surface area (Å²) in [4.78, 5) is 13.0. The maximum absolute atomic E-state index is 10.9. The molecule has 0 aliphatic rings. The molecule has 0 saturated heterocycles. The fourth-order valence-corrected chi connectivity index (χ4v) is 0.808. The normalized spacial score (nSPS) is 10.4. The topological polar surface area (TPSA) is 20.3 Å². The van der Waals surface area contributed by atoms with Crippen molar-refractivity contribution >= 4 is 5.78 Å². The Balaban J connectivity index is 3.52. The van der Waals surface area contributed by atoms with Crippen LogP contribution in [-0.2, 0) is 4.79 Å². The van der Waals surface area contributed by atoms with E-state index in [-0.39, 0.29) is 0 Å². The Morgan fingerprint density at radius 1 is 1.20 bits per heavy atom. The lowest BCUT2D eigenvalue weighted by Crippen LogP contribution is -2.28. The zero-order valence-corrected chi connectivity index (χ0v) is 7.18. The lowest BCUT2D eigenvalue weighted by molar-refractivity contribution is -0.119. The Morgan fingerprint density at radius 2 is 1.70 bits per heavy atom. The van der Waals surface area contributed by atoms with Crippen molar-refractivity contribution in [3.8, 4) is 0 Å². The van der Waals surface area contributed by atoms with Crippen LogP contribution in [0.1, 0.15) is 27.2 Å². The molecule has 0 atom stereocenters. The SMILES string of the molecule is CCC(=O)CN(CC)CC. The number of Topliss-reactive ketones (excluding diaryl/α,β-unsaturated/α-hetero) is 1. The van der Waals surface area contributed by atoms with Gasteiger partial charge in [-0.1, -0.05) is 20.8 Å². The molecule has 2 nitrogen and oxygen atoms in total. The van der Waals surface area contributed by atoms with Gasteiger partial charge in [0.15, 0.2) is 0 Å². The van der Waals surface area contributed by atoms with E-state index in [4.69, 9.17) is 0 Å². The lowest BCUT2D eigenvalue weighted by atomic mass is 10.3. The zero-order chi connectivity index (χ0) is 7.98. The van der Waals surface area contributed by atoms with E-state index in [1.54, 1.807) is 0 Å². The third-order valence-electron chi connectivity index (χ3n) is 1.69. The van der Waals surface area contributed by atoms with E-state index in [2.05, 4.69) is 18.7 Å². The van der Waals surface area contributed by atoms with Crippen LogP contribution in [0.15, 0.2) is 0 Å². The van der Waals surface area contributed by atoms with Gasteiger partial charge in [-0.05, 0) is 13.1 Å². The molecule has 10 heavy (non-hydrogen) atoms. The standard InChI is InChI=1S/C8H17NO/c1-4-8(10)7-9(5-2)6-3/h4-7H2,1-3H3. The molecular formula is C8H17NO. The Hall–Kier alpha value is -0.370. The van der Waals surface area contributed by atoms with E-state index in [1.807, 2.05) is 6.92 Å². The van der Waals surface area contributed by atoms with Gasteiger partial charge in [0, 0.05) is 6.42 Å². The number of hydrogen-bond acceptors (Lipinski definition) is 2. The predicted octanol–water partition coefficient (Wildman–Crippen LogP) is 1.31. The van der Waals surface area contributed by atoms with Gasteiger partial charge in [0.25, 0.3) is 0 Å². The summed E-state index contributed by atoms with van der Waals surface area (Å²) in [5.41, 5.74) is 0. The molecule has 0 fully saturated rings. The predicted molar refractivity (Wildman–Crippen MR) is 43.1 cm³/mol. The second-order valence-electron chi connectivity index (χ2n) is 2.35. The molecule has 60 valence electrons. The molecule has 0 aromatic heterocycles. The molecular weight excluding hydrogens is 126 g/mol. The third-order valence-corrected chi connectivity index (χ3v) is 1.69. The first kappa shape index (κ1) is 9.63. The van der Waals surface area contributed by atoms with Crippen molar-refractivity contribution in [2.45, 2.75) is 27.2 Å². The van der Waals surface area contributed by atoms with Crippen LogP contribution >= 0.6 is 0 Å². The summed E-state index contributed by atoms with van der Waals surface area (Å²) in [6.45, 7) is 8.64. The van der Waals surface area contributed by atoms with Gasteiger partial charge < -0.3 is 0 Å². The molecule has 0 radical (unpaired) electrons. The van der Waals surface area contributed by atoms with E-state index < -0.39 is 0 Å². The summed E-state index contributed by atoms with van der Waals surface area (Å²) in [5.74, 6) is 0.337. The van der Waals surface area contributed by atoms with Gasteiger partial charge in [-0.15, -0.1) is 0 Å². The Labute approximate surface area is 63.2 Å². The summed E-state index contributed by atoms with van der Waals surface area (Å²) in [5, 5.41) is 0. The Kier molecular flexibility index (Phi) is 5.22. The Bertz CT molecular complexity index is 97.4. The summed E-state index contributed by atoms with van der Waals surface area (Å²) in [6.07, 6.45) is 0.663. The van der Waals surface area contributed by atoms with Gasteiger partial charge in [-0.2, -0.15) is 0 Å². The molecule has 0 heterocycles. The fourth-order valence-electron chi connectivity index (χ4n) is 0.808. The molecule has 0 aromatic carbocycles. The van der Waals surface area contributed by atoms with Gasteiger partial charge in [0.1, 0.15) is 5.78 Å². The van der Waals surface area contributed by atoms with E-state index >= 15 is 0 Å². The smallest absolute Gasteiger partial charge is 0.146 e. The van der Waals surface area contributed by atoms with E-state index in [0.717, 1.165) is 13.1 Å². The second-order valence-corrected chi connectivity index (χ2v) is 2.35. The molecule has 0 aliphatic heterocycles. The average molecular weight is 143 g/mol. The summed E-state index contributed by atoms with van der Waals surface area (Å²) in [7, 11) is 0. The second kappa shape index (κ2) is 5.42. The molecule has 0 saturated carbocycles. The van der Waals surface area contributed by atoms with Crippen LogP contribution in [0, 0.1) is 0 Å². The minimum Gasteiger partial charge on any atom is -0.298 e. The monoisotopic (exact) mass is 143 g/mol. The maximum atomic E-state index is 10.9. The molecule has 0 N–H and O–H groups in total. The molecule has 0 spiro atoms. The first-order valence-corrected chi connectivity index (χ1v) is 3.98. The maximum Gasteiger partial charge on any atom is 0.146 e. The van der Waals surface area contributed by atoms with E-state index in [0.29, 0.717) is 18.7 Å². The van der Waals surface area contributed by atoms with E-state index in [1.165, 1.54) is 0 Å². The number of nitrogens with zero attached hydrogens (tertiary/aromatic N) is 1. The quantitative estimate of drug-likeness (QED) is 0.578. The van der Waals surface area contributed by atoms with Crippen molar-refractivity contribution < 1.29 is 4.79 Å². The van der Waals surface area contributed by atoms with Gasteiger partial charge in [-0.25, -0.2) is 0 Å². The average Bonchev–Trinajstić information content (AvgIpc) is 1.99. The molecule has 0 rings (SSSR count). The highest BCUT2D eigenvalue weighted by molar-refractivity contribution is 5.80. The number of ketones is 1. The van der Waals surface area contributed by atoms with Crippen LogP contribution in [0.4, 0.5) is 0 Å². The molecule has 0 amide bonds. The van der Waals surface area contributed by atoms with Gasteiger partial charge in [0.05, 0.1) is 6.54 Å². The lowest BCUT2D eigenvalue weighted by Gasteiger charge is -2.15. The highest BCUT2D eigenvalue weighted by Crippen LogP contribution is 1.89. The highest BCUT2D eigenvalue weighted by Gasteiger charge is 2.03.